The minimum atomic E-state index is -1.23. The molecule has 40 heavy (non-hydrogen) atoms. The third-order valence-corrected chi connectivity index (χ3v) is 7.51. The molecular weight excluding hydrogens is 581 g/mol. The monoisotopic (exact) mass is 596 g/mol. The Morgan fingerprint density at radius 1 is 1.07 bits per heavy atom. The lowest BCUT2D eigenvalue weighted by molar-refractivity contribution is 0.480. The summed E-state index contributed by atoms with van der Waals surface area (Å²) in [6, 6.07) is 11.3. The molecular formula is C27H17Cl3F2N8. The Bertz CT molecular complexity index is 1820. The van der Waals surface area contributed by atoms with Crippen LogP contribution < -0.4 is 10.6 Å². The lowest BCUT2D eigenvalue weighted by Gasteiger charge is -2.22. The Morgan fingerprint density at radius 2 is 1.90 bits per heavy atom. The summed E-state index contributed by atoms with van der Waals surface area (Å²) in [6.07, 6.45) is 6.43. The average Bonchev–Trinajstić information content (AvgIpc) is 3.68. The maximum atomic E-state index is 13.9. The Balaban J connectivity index is 1.48. The molecule has 3 aromatic heterocycles. The van der Waals surface area contributed by atoms with Gasteiger partial charge >= 0.3 is 0 Å². The Morgan fingerprint density at radius 3 is 2.65 bits per heavy atom. The third kappa shape index (κ3) is 4.99. The van der Waals surface area contributed by atoms with Crippen molar-refractivity contribution in [3.63, 3.8) is 0 Å². The molecule has 1 atom stereocenters. The van der Waals surface area contributed by atoms with Crippen molar-refractivity contribution in [2.45, 2.75) is 24.9 Å². The molecule has 6 rings (SSSR count). The number of pyridine rings is 2. The maximum Gasteiger partial charge on any atom is 0.249 e. The van der Waals surface area contributed by atoms with Gasteiger partial charge in [-0.2, -0.15) is 9.65 Å². The average molecular weight is 598 g/mol. The van der Waals surface area contributed by atoms with E-state index in [-0.39, 0.29) is 11.3 Å². The van der Waals surface area contributed by atoms with E-state index in [1.807, 2.05) is 16.9 Å². The second-order valence-electron chi connectivity index (χ2n) is 9.20. The summed E-state index contributed by atoms with van der Waals surface area (Å²) in [5.74, 6) is -2.37. The van der Waals surface area contributed by atoms with E-state index in [1.165, 1.54) is 6.20 Å². The van der Waals surface area contributed by atoms with E-state index in [9.17, 15) is 14.0 Å². The number of nitrogens with zero attached hydrogens (tertiary/aromatic N) is 6. The van der Waals surface area contributed by atoms with E-state index < -0.39 is 17.8 Å². The highest BCUT2D eigenvalue weighted by atomic mass is 35.5. The van der Waals surface area contributed by atoms with Gasteiger partial charge in [-0.3, -0.25) is 4.98 Å². The van der Waals surface area contributed by atoms with Gasteiger partial charge in [0.15, 0.2) is 5.82 Å². The zero-order chi connectivity index (χ0) is 28.0. The predicted octanol–water partition coefficient (Wildman–Crippen LogP) is 7.61. The Kier molecular flexibility index (Phi) is 6.88. The van der Waals surface area contributed by atoms with Gasteiger partial charge in [-0.1, -0.05) is 52.1 Å². The fraction of sp³-hybridized carbons (Fsp3) is 0.148. The molecule has 0 spiro atoms. The molecule has 1 aliphatic carbocycles. The molecule has 0 amide bonds. The van der Waals surface area contributed by atoms with E-state index in [0.717, 1.165) is 25.1 Å². The summed E-state index contributed by atoms with van der Waals surface area (Å²) in [6.45, 7) is 0. The smallest absolute Gasteiger partial charge is 0.249 e. The van der Waals surface area contributed by atoms with Gasteiger partial charge < -0.3 is 10.6 Å². The highest BCUT2D eigenvalue weighted by Gasteiger charge is 2.28. The van der Waals surface area contributed by atoms with Crippen molar-refractivity contribution in [2.24, 2.45) is 0 Å². The number of aromatic nitrogens is 5. The highest BCUT2D eigenvalue weighted by molar-refractivity contribution is 6.42. The molecule has 3 heterocycles. The van der Waals surface area contributed by atoms with E-state index in [0.29, 0.717) is 54.6 Å². The molecule has 1 aliphatic rings. The molecule has 0 radical (unpaired) electrons. The van der Waals surface area contributed by atoms with Crippen LogP contribution in [-0.4, -0.2) is 25.0 Å². The second kappa shape index (κ2) is 10.5. The number of hydrogen-bond donors (Lipinski definition) is 2. The van der Waals surface area contributed by atoms with E-state index in [1.54, 1.807) is 24.3 Å². The number of anilines is 3. The van der Waals surface area contributed by atoms with Gasteiger partial charge in [-0.05, 0) is 31.0 Å². The van der Waals surface area contributed by atoms with Crippen molar-refractivity contribution in [2.75, 3.05) is 10.6 Å². The van der Waals surface area contributed by atoms with Crippen molar-refractivity contribution >= 4 is 62.8 Å². The number of halogens is 5. The van der Waals surface area contributed by atoms with Crippen molar-refractivity contribution in [3.05, 3.63) is 98.6 Å². The van der Waals surface area contributed by atoms with Crippen LogP contribution in [0.1, 0.15) is 41.7 Å². The topological polar surface area (TPSA) is 104 Å². The first-order valence-corrected chi connectivity index (χ1v) is 13.2. The van der Waals surface area contributed by atoms with E-state index in [2.05, 4.69) is 37.0 Å². The normalized spacial score (nSPS) is 13.7. The molecule has 0 aliphatic heterocycles. The van der Waals surface area contributed by atoms with Gasteiger partial charge in [0.25, 0.3) is 0 Å². The number of hydrogen-bond acceptors (Lipinski definition) is 7. The molecule has 1 fully saturated rings. The van der Waals surface area contributed by atoms with Crippen LogP contribution in [-0.2, 0) is 0 Å². The highest BCUT2D eigenvalue weighted by Crippen LogP contribution is 2.40. The molecule has 8 nitrogen and oxygen atoms in total. The SMILES string of the molecule is N#Cc1cnc2c(N[C@H](c3cn(C4CC4)nn3)c3cccc(Cl)c3Cl)cc(Cl)cc2c1Nc1cnc(F)c(F)c1. The number of nitriles is 1. The number of fused-ring (bicyclic) bond motifs is 1. The molecule has 0 bridgehead atoms. The summed E-state index contributed by atoms with van der Waals surface area (Å²) in [5.41, 5.74) is 2.79. The molecule has 200 valence electrons. The lowest BCUT2D eigenvalue weighted by atomic mass is 10.0. The van der Waals surface area contributed by atoms with E-state index >= 15 is 0 Å². The summed E-state index contributed by atoms with van der Waals surface area (Å²) >= 11 is 19.5. The molecule has 2 aromatic carbocycles. The second-order valence-corrected chi connectivity index (χ2v) is 10.4. The standard InChI is InChI=1S/C27H17Cl3F2N8/c28-14-6-18-24(36-15-8-20(31)27(32)35-11-15)13(9-33)10-34-25(18)21(7-14)37-26(17-2-1-3-19(29)23(17)30)22-12-40(39-38-22)16-4-5-16/h1-3,6-8,10-12,16,26,37H,4-5H2,(H,34,36)/t26-/m0/s1. The van der Waals surface area contributed by atoms with Crippen LogP contribution in [0, 0.1) is 23.1 Å². The largest absolute Gasteiger partial charge is 0.371 e. The summed E-state index contributed by atoms with van der Waals surface area (Å²) < 4.78 is 29.1. The van der Waals surface area contributed by atoms with Crippen LogP contribution in [0.4, 0.5) is 25.8 Å². The van der Waals surface area contributed by atoms with Crippen molar-refractivity contribution < 1.29 is 8.78 Å². The first-order chi connectivity index (χ1) is 19.3. The lowest BCUT2D eigenvalue weighted by Crippen LogP contribution is -2.14. The first-order valence-electron chi connectivity index (χ1n) is 12.0. The fourth-order valence-electron chi connectivity index (χ4n) is 4.38. The van der Waals surface area contributed by atoms with Crippen LogP contribution in [0.2, 0.25) is 15.1 Å². The minimum Gasteiger partial charge on any atom is -0.371 e. The zero-order valence-electron chi connectivity index (χ0n) is 20.3. The van der Waals surface area contributed by atoms with E-state index in [4.69, 9.17) is 34.8 Å². The van der Waals surface area contributed by atoms with Crippen LogP contribution in [0.15, 0.2) is 55.0 Å². The minimum absolute atomic E-state index is 0.137. The van der Waals surface area contributed by atoms with Gasteiger partial charge in [0.2, 0.25) is 5.95 Å². The van der Waals surface area contributed by atoms with Crippen LogP contribution in [0.25, 0.3) is 10.9 Å². The van der Waals surface area contributed by atoms with Gasteiger partial charge in [0.1, 0.15) is 11.8 Å². The van der Waals surface area contributed by atoms with Crippen LogP contribution >= 0.6 is 34.8 Å². The van der Waals surface area contributed by atoms with Crippen LogP contribution in [0.3, 0.4) is 0 Å². The van der Waals surface area contributed by atoms with Crippen LogP contribution in [0.5, 0.6) is 0 Å². The fourth-order valence-corrected chi connectivity index (χ4v) is 5.02. The van der Waals surface area contributed by atoms with Gasteiger partial charge in [-0.15, -0.1) is 5.10 Å². The van der Waals surface area contributed by atoms with Gasteiger partial charge in [-0.25, -0.2) is 14.1 Å². The summed E-state index contributed by atoms with van der Waals surface area (Å²) in [4.78, 5) is 7.92. The molecule has 0 unspecified atom stereocenters. The summed E-state index contributed by atoms with van der Waals surface area (Å²) in [5, 5.41) is 26.4. The first kappa shape index (κ1) is 26.2. The Hall–Kier alpha value is -4.04. The molecule has 1 saturated carbocycles. The van der Waals surface area contributed by atoms with Crippen molar-refractivity contribution in [1.82, 2.24) is 25.0 Å². The third-order valence-electron chi connectivity index (χ3n) is 6.46. The summed E-state index contributed by atoms with van der Waals surface area (Å²) in [7, 11) is 0. The van der Waals surface area contributed by atoms with Gasteiger partial charge in [0, 0.05) is 28.2 Å². The predicted molar refractivity (Wildman–Crippen MR) is 149 cm³/mol. The number of benzene rings is 2. The maximum absolute atomic E-state index is 13.9. The molecule has 5 aromatic rings. The number of rotatable bonds is 7. The van der Waals surface area contributed by atoms with Gasteiger partial charge in [0.05, 0.1) is 62.7 Å². The number of nitrogens with one attached hydrogen (secondary N) is 2. The zero-order valence-corrected chi connectivity index (χ0v) is 22.6. The molecule has 13 heteroatoms. The molecule has 2 N–H and O–H groups in total. The Labute approximate surface area is 241 Å². The quantitative estimate of drug-likeness (QED) is 0.186. The molecule has 0 saturated heterocycles. The van der Waals surface area contributed by atoms with Crippen molar-refractivity contribution in [3.8, 4) is 6.07 Å². The van der Waals surface area contributed by atoms with Crippen molar-refractivity contribution in [1.29, 1.82) is 5.26 Å².